The summed E-state index contributed by atoms with van der Waals surface area (Å²) in [6.07, 6.45) is 3.75. The van der Waals surface area contributed by atoms with E-state index in [1.54, 1.807) is 30.3 Å². The summed E-state index contributed by atoms with van der Waals surface area (Å²) in [4.78, 5) is 11.4. The van der Waals surface area contributed by atoms with Crippen LogP contribution in [0.1, 0.15) is 29.2 Å². The summed E-state index contributed by atoms with van der Waals surface area (Å²) in [5, 5.41) is 17.6. The Hall–Kier alpha value is -3.41. The Balaban J connectivity index is 2.31. The van der Waals surface area contributed by atoms with Crippen molar-refractivity contribution in [2.24, 2.45) is 11.5 Å². The highest BCUT2D eigenvalue weighted by molar-refractivity contribution is 5.99. The Labute approximate surface area is 140 Å². The van der Waals surface area contributed by atoms with Gasteiger partial charge in [-0.25, -0.2) is 0 Å². The van der Waals surface area contributed by atoms with Gasteiger partial charge in [0.1, 0.15) is 11.7 Å². The van der Waals surface area contributed by atoms with Gasteiger partial charge in [-0.05, 0) is 17.2 Å². The van der Waals surface area contributed by atoms with Gasteiger partial charge in [0.25, 0.3) is 0 Å². The van der Waals surface area contributed by atoms with Crippen molar-refractivity contribution >= 4 is 35.4 Å². The van der Waals surface area contributed by atoms with E-state index in [1.807, 2.05) is 24.3 Å². The van der Waals surface area contributed by atoms with Crippen LogP contribution in [0.15, 0.2) is 42.5 Å². The molecule has 0 aliphatic heterocycles. The maximum atomic E-state index is 11.4. The minimum Gasteiger partial charge on any atom is -0.384 e. The molecule has 0 saturated heterocycles. The van der Waals surface area contributed by atoms with Crippen LogP contribution in [0.2, 0.25) is 0 Å². The number of hydrogen-bond acceptors (Lipinski definition) is 3. The number of benzene rings is 2. The van der Waals surface area contributed by atoms with E-state index in [-0.39, 0.29) is 17.6 Å². The third-order valence-corrected chi connectivity index (χ3v) is 3.35. The molecule has 0 saturated carbocycles. The number of rotatable bonds is 5. The summed E-state index contributed by atoms with van der Waals surface area (Å²) in [6.45, 7) is 1.43. The summed E-state index contributed by atoms with van der Waals surface area (Å²) < 4.78 is 0. The fraction of sp³-hybridized carbons (Fsp3) is 0.0556. The number of nitrogens with one attached hydrogen (secondary N) is 3. The molecule has 2 aromatic carbocycles. The van der Waals surface area contributed by atoms with Crippen molar-refractivity contribution in [1.29, 1.82) is 10.8 Å². The molecule has 0 spiro atoms. The second-order valence-corrected chi connectivity index (χ2v) is 5.27. The number of hydrogen-bond donors (Lipinski definition) is 5. The lowest BCUT2D eigenvalue weighted by atomic mass is 10.1. The number of amides is 1. The molecule has 0 aromatic heterocycles. The molecule has 0 atom stereocenters. The SMILES string of the molecule is CC(=O)Nc1cc(C(=N)N)ccc1/C=C/c1ccc(C(=N)N)cc1. The molecular formula is C18H19N5O. The zero-order chi connectivity index (χ0) is 17.7. The van der Waals surface area contributed by atoms with Crippen LogP contribution < -0.4 is 16.8 Å². The van der Waals surface area contributed by atoms with Crippen LogP contribution in [0.4, 0.5) is 5.69 Å². The Kier molecular flexibility index (Phi) is 5.11. The van der Waals surface area contributed by atoms with Crippen LogP contribution in [0, 0.1) is 10.8 Å². The van der Waals surface area contributed by atoms with E-state index in [0.717, 1.165) is 11.1 Å². The van der Waals surface area contributed by atoms with Gasteiger partial charge in [-0.15, -0.1) is 0 Å². The summed E-state index contributed by atoms with van der Waals surface area (Å²) >= 11 is 0. The van der Waals surface area contributed by atoms with E-state index in [4.69, 9.17) is 22.3 Å². The van der Waals surface area contributed by atoms with Gasteiger partial charge in [-0.2, -0.15) is 0 Å². The van der Waals surface area contributed by atoms with Gasteiger partial charge in [0, 0.05) is 23.7 Å². The van der Waals surface area contributed by atoms with Crippen LogP contribution >= 0.6 is 0 Å². The van der Waals surface area contributed by atoms with Crippen molar-refractivity contribution in [3.8, 4) is 0 Å². The fourth-order valence-electron chi connectivity index (χ4n) is 2.13. The molecule has 7 N–H and O–H groups in total. The first kappa shape index (κ1) is 17.0. The van der Waals surface area contributed by atoms with Crippen LogP contribution in [-0.2, 0) is 4.79 Å². The molecule has 0 aliphatic rings. The number of carbonyl (C=O) groups is 1. The molecule has 0 unspecified atom stereocenters. The van der Waals surface area contributed by atoms with Crippen molar-refractivity contribution < 1.29 is 4.79 Å². The number of anilines is 1. The fourth-order valence-corrected chi connectivity index (χ4v) is 2.13. The second kappa shape index (κ2) is 7.23. The standard InChI is InChI=1S/C18H19N5O/c1-11(24)23-16-10-15(18(21)22)9-8-13(16)5-2-12-3-6-14(7-4-12)17(19)20/h2-10H,1H3,(H3,19,20)(H3,21,22)(H,23,24)/b5-2+. The molecule has 122 valence electrons. The topological polar surface area (TPSA) is 129 Å². The van der Waals surface area contributed by atoms with Crippen molar-refractivity contribution in [2.75, 3.05) is 5.32 Å². The van der Waals surface area contributed by atoms with Crippen molar-refractivity contribution in [2.45, 2.75) is 6.92 Å². The Morgan fingerprint density at radius 1 is 0.958 bits per heavy atom. The van der Waals surface area contributed by atoms with E-state index in [0.29, 0.717) is 16.8 Å². The predicted molar refractivity (Wildman–Crippen MR) is 98.1 cm³/mol. The molecule has 0 aliphatic carbocycles. The summed E-state index contributed by atoms with van der Waals surface area (Å²) in [7, 11) is 0. The Morgan fingerprint density at radius 3 is 2.08 bits per heavy atom. The molecule has 2 aromatic rings. The normalized spacial score (nSPS) is 10.5. The van der Waals surface area contributed by atoms with Crippen molar-refractivity contribution in [1.82, 2.24) is 0 Å². The summed E-state index contributed by atoms with van der Waals surface area (Å²) in [5.41, 5.74) is 14.5. The predicted octanol–water partition coefficient (Wildman–Crippen LogP) is 2.38. The summed E-state index contributed by atoms with van der Waals surface area (Å²) in [6, 6.07) is 12.5. The number of amidine groups is 2. The molecule has 0 radical (unpaired) electrons. The van der Waals surface area contributed by atoms with Crippen LogP contribution in [0.3, 0.4) is 0 Å². The second-order valence-electron chi connectivity index (χ2n) is 5.27. The van der Waals surface area contributed by atoms with Crippen molar-refractivity contribution in [3.63, 3.8) is 0 Å². The van der Waals surface area contributed by atoms with E-state index in [1.165, 1.54) is 6.92 Å². The monoisotopic (exact) mass is 321 g/mol. The Bertz CT molecular complexity index is 822. The van der Waals surface area contributed by atoms with Gasteiger partial charge in [0.05, 0.1) is 0 Å². The zero-order valence-corrected chi connectivity index (χ0v) is 13.3. The van der Waals surface area contributed by atoms with Crippen LogP contribution in [0.5, 0.6) is 0 Å². The highest BCUT2D eigenvalue weighted by Crippen LogP contribution is 2.21. The molecule has 0 fully saturated rings. The summed E-state index contributed by atoms with van der Waals surface area (Å²) in [5.74, 6) is -0.230. The van der Waals surface area contributed by atoms with Gasteiger partial charge < -0.3 is 16.8 Å². The lowest BCUT2D eigenvalue weighted by molar-refractivity contribution is -0.114. The molecule has 0 bridgehead atoms. The smallest absolute Gasteiger partial charge is 0.221 e. The van der Waals surface area contributed by atoms with Gasteiger partial charge in [-0.1, -0.05) is 48.6 Å². The third kappa shape index (κ3) is 4.30. The van der Waals surface area contributed by atoms with Gasteiger partial charge in [0.2, 0.25) is 5.91 Å². The van der Waals surface area contributed by atoms with Crippen LogP contribution in [-0.4, -0.2) is 17.6 Å². The molecule has 2 rings (SSSR count). The average molecular weight is 321 g/mol. The third-order valence-electron chi connectivity index (χ3n) is 3.35. The van der Waals surface area contributed by atoms with E-state index in [2.05, 4.69) is 5.32 Å². The minimum absolute atomic E-state index is 0.0262. The molecule has 0 heterocycles. The number of nitrogen functional groups attached to an aromatic ring is 2. The number of nitrogens with two attached hydrogens (primary N) is 2. The maximum Gasteiger partial charge on any atom is 0.221 e. The maximum absolute atomic E-state index is 11.4. The lowest BCUT2D eigenvalue weighted by Gasteiger charge is -2.09. The average Bonchev–Trinajstić information content (AvgIpc) is 2.53. The zero-order valence-electron chi connectivity index (χ0n) is 13.3. The lowest BCUT2D eigenvalue weighted by Crippen LogP contribution is -2.13. The largest absolute Gasteiger partial charge is 0.384 e. The van der Waals surface area contributed by atoms with E-state index < -0.39 is 0 Å². The molecule has 24 heavy (non-hydrogen) atoms. The highest BCUT2D eigenvalue weighted by atomic mass is 16.1. The first-order valence-electron chi connectivity index (χ1n) is 7.25. The van der Waals surface area contributed by atoms with Gasteiger partial charge in [-0.3, -0.25) is 15.6 Å². The first-order valence-corrected chi connectivity index (χ1v) is 7.25. The van der Waals surface area contributed by atoms with Gasteiger partial charge >= 0.3 is 0 Å². The minimum atomic E-state index is -0.198. The molecular weight excluding hydrogens is 302 g/mol. The quantitative estimate of drug-likeness (QED) is 0.329. The van der Waals surface area contributed by atoms with E-state index >= 15 is 0 Å². The Morgan fingerprint density at radius 2 is 1.54 bits per heavy atom. The van der Waals surface area contributed by atoms with Crippen LogP contribution in [0.25, 0.3) is 12.2 Å². The molecule has 6 nitrogen and oxygen atoms in total. The van der Waals surface area contributed by atoms with Gasteiger partial charge in [0.15, 0.2) is 0 Å². The molecule has 1 amide bonds. The first-order chi connectivity index (χ1) is 11.4. The molecule has 6 heteroatoms. The van der Waals surface area contributed by atoms with Crippen molar-refractivity contribution in [3.05, 3.63) is 64.7 Å². The highest BCUT2D eigenvalue weighted by Gasteiger charge is 2.05. The number of carbonyl (C=O) groups excluding carboxylic acids is 1. The van der Waals surface area contributed by atoms with E-state index in [9.17, 15) is 4.79 Å².